The van der Waals surface area contributed by atoms with Crippen LogP contribution in [0.1, 0.15) is 54.9 Å². The van der Waals surface area contributed by atoms with E-state index < -0.39 is 21.8 Å². The minimum atomic E-state index is -3.68. The molecule has 0 aliphatic heterocycles. The number of rotatable bonds is 11. The van der Waals surface area contributed by atoms with Gasteiger partial charge >= 0.3 is 0 Å². The highest BCUT2D eigenvalue weighted by Crippen LogP contribution is 2.43. The van der Waals surface area contributed by atoms with Crippen molar-refractivity contribution in [1.82, 2.24) is 4.98 Å². The Morgan fingerprint density at radius 3 is 2.51 bits per heavy atom. The van der Waals surface area contributed by atoms with Gasteiger partial charge in [0.1, 0.15) is 5.76 Å². The monoisotopic (exact) mass is 567 g/mol. The zero-order valence-corrected chi connectivity index (χ0v) is 22.9. The minimum absolute atomic E-state index is 0.0228. The van der Waals surface area contributed by atoms with Gasteiger partial charge in [0.25, 0.3) is 10.1 Å². The van der Waals surface area contributed by atoms with Crippen molar-refractivity contribution in [3.63, 3.8) is 0 Å². The Hall–Kier alpha value is -1.94. The lowest BCUT2D eigenvalue weighted by Gasteiger charge is -2.36. The summed E-state index contributed by atoms with van der Waals surface area (Å²) in [6.07, 6.45) is 7.06. The molecule has 7 nitrogen and oxygen atoms in total. The lowest BCUT2D eigenvalue weighted by Crippen LogP contribution is -2.38. The molecule has 0 amide bonds. The van der Waals surface area contributed by atoms with E-state index in [1.54, 1.807) is 24.4 Å². The van der Waals surface area contributed by atoms with Crippen molar-refractivity contribution in [2.75, 3.05) is 12.9 Å². The van der Waals surface area contributed by atoms with Crippen molar-refractivity contribution < 1.29 is 26.9 Å². The molecule has 1 aromatic heterocycles. The lowest BCUT2D eigenvalue weighted by molar-refractivity contribution is -0.0256. The Balaban J connectivity index is 1.55. The van der Waals surface area contributed by atoms with Gasteiger partial charge < -0.3 is 14.3 Å². The van der Waals surface area contributed by atoms with Gasteiger partial charge in [0.05, 0.1) is 41.8 Å². The second-order valence-corrected chi connectivity index (χ2v) is 11.9. The van der Waals surface area contributed by atoms with Crippen LogP contribution in [0.5, 0.6) is 0 Å². The van der Waals surface area contributed by atoms with E-state index in [0.717, 1.165) is 49.5 Å². The molecule has 1 saturated carbocycles. The Bertz CT molecular complexity index is 1280. The summed E-state index contributed by atoms with van der Waals surface area (Å²) in [5.74, 6) is 0.662. The molecule has 0 spiro atoms. The summed E-state index contributed by atoms with van der Waals surface area (Å²) >= 11 is 12.1. The summed E-state index contributed by atoms with van der Waals surface area (Å²) < 4.78 is 40.4. The van der Waals surface area contributed by atoms with Crippen molar-refractivity contribution in [2.45, 2.75) is 56.8 Å². The maximum Gasteiger partial charge on any atom is 0.264 e. The highest BCUT2D eigenvalue weighted by atomic mass is 35.5. The average Bonchev–Trinajstić information content (AvgIpc) is 3.37. The zero-order valence-electron chi connectivity index (χ0n) is 20.6. The number of aromatic nitrogens is 1. The number of aliphatic hydroxyl groups is 1. The molecule has 37 heavy (non-hydrogen) atoms. The van der Waals surface area contributed by atoms with E-state index in [1.807, 2.05) is 30.3 Å². The molecule has 2 unspecified atom stereocenters. The van der Waals surface area contributed by atoms with Gasteiger partial charge in [-0.2, -0.15) is 8.42 Å². The number of ether oxygens (including phenoxy) is 1. The fraction of sp³-hybridized carbons (Fsp3) is 0.444. The molecule has 10 heteroatoms. The predicted octanol–water partition coefficient (Wildman–Crippen LogP) is 5.90. The SMILES string of the molecule is CS(=O)(=O)OCC(Cc1cnc(C(O)(c2ccccc2)C2CCCCC2)o1)OCc1ccc(Cl)c(Cl)c1. The Kier molecular flexibility index (Phi) is 9.32. The van der Waals surface area contributed by atoms with Crippen LogP contribution in [0, 0.1) is 5.92 Å². The van der Waals surface area contributed by atoms with Gasteiger partial charge in [-0.3, -0.25) is 4.18 Å². The summed E-state index contributed by atoms with van der Waals surface area (Å²) in [5, 5.41) is 12.9. The van der Waals surface area contributed by atoms with Crippen molar-refractivity contribution >= 4 is 33.3 Å². The van der Waals surface area contributed by atoms with E-state index in [-0.39, 0.29) is 31.4 Å². The molecule has 1 heterocycles. The van der Waals surface area contributed by atoms with E-state index in [9.17, 15) is 13.5 Å². The summed E-state index contributed by atoms with van der Waals surface area (Å²) in [6.45, 7) is -0.0481. The summed E-state index contributed by atoms with van der Waals surface area (Å²) in [5.41, 5.74) is 0.149. The van der Waals surface area contributed by atoms with Crippen LogP contribution in [0.15, 0.2) is 59.1 Å². The molecule has 1 N–H and O–H groups in total. The van der Waals surface area contributed by atoms with Crippen LogP contribution in [-0.4, -0.2) is 37.5 Å². The number of halogens is 2. The van der Waals surface area contributed by atoms with E-state index in [4.69, 9.17) is 36.5 Å². The first kappa shape index (κ1) is 28.1. The summed E-state index contributed by atoms with van der Waals surface area (Å²) in [7, 11) is -3.68. The first-order chi connectivity index (χ1) is 17.6. The fourth-order valence-electron chi connectivity index (χ4n) is 4.76. The third kappa shape index (κ3) is 7.34. The van der Waals surface area contributed by atoms with Gasteiger partial charge in [-0.05, 0) is 36.1 Å². The second kappa shape index (κ2) is 12.3. The van der Waals surface area contributed by atoms with E-state index in [0.29, 0.717) is 15.8 Å². The number of nitrogens with zero attached hydrogens (tertiary/aromatic N) is 1. The third-order valence-electron chi connectivity index (χ3n) is 6.66. The van der Waals surface area contributed by atoms with E-state index in [1.165, 1.54) is 0 Å². The van der Waals surface area contributed by atoms with E-state index >= 15 is 0 Å². The second-order valence-electron chi connectivity index (χ2n) is 9.47. The largest absolute Gasteiger partial charge is 0.442 e. The van der Waals surface area contributed by atoms with Crippen LogP contribution in [0.25, 0.3) is 0 Å². The molecule has 1 aliphatic rings. The number of hydrogen-bond acceptors (Lipinski definition) is 7. The summed E-state index contributed by atoms with van der Waals surface area (Å²) in [6, 6.07) is 14.6. The van der Waals surface area contributed by atoms with Gasteiger partial charge in [0.15, 0.2) is 5.60 Å². The molecule has 3 aromatic rings. The molecule has 2 atom stereocenters. The molecule has 4 rings (SSSR count). The van der Waals surface area contributed by atoms with Gasteiger partial charge in [-0.1, -0.05) is 78.9 Å². The molecular formula is C27H31Cl2NO6S. The standard InChI is InChI=1S/C27H31Cl2NO6S/c1-37(32,33)35-18-23(34-17-19-12-13-24(28)25(29)14-19)15-22-16-30-26(36-22)27(31,20-8-4-2-5-9-20)21-10-6-3-7-11-21/h2,4-5,8-9,12-14,16,21,23,31H,3,6-7,10-11,15,17-18H2,1H3. The average molecular weight is 569 g/mol. The molecule has 0 saturated heterocycles. The van der Waals surface area contributed by atoms with Gasteiger partial charge in [0.2, 0.25) is 5.89 Å². The van der Waals surface area contributed by atoms with E-state index in [2.05, 4.69) is 4.98 Å². The van der Waals surface area contributed by atoms with Crippen LogP contribution >= 0.6 is 23.2 Å². The van der Waals surface area contributed by atoms with Crippen molar-refractivity contribution in [1.29, 1.82) is 0 Å². The Morgan fingerprint density at radius 2 is 1.84 bits per heavy atom. The molecule has 0 radical (unpaired) electrons. The van der Waals surface area contributed by atoms with Gasteiger partial charge in [-0.25, -0.2) is 4.98 Å². The highest BCUT2D eigenvalue weighted by Gasteiger charge is 2.44. The number of oxazole rings is 1. The van der Waals surface area contributed by atoms with Gasteiger partial charge in [0, 0.05) is 12.3 Å². The molecule has 1 aliphatic carbocycles. The first-order valence-electron chi connectivity index (χ1n) is 12.3. The first-order valence-corrected chi connectivity index (χ1v) is 14.9. The maximum absolute atomic E-state index is 12.0. The van der Waals surface area contributed by atoms with Crippen LogP contribution in [0.4, 0.5) is 0 Å². The van der Waals surface area contributed by atoms with Crippen LogP contribution in [0.3, 0.4) is 0 Å². The van der Waals surface area contributed by atoms with Crippen LogP contribution < -0.4 is 0 Å². The molecule has 200 valence electrons. The number of hydrogen-bond donors (Lipinski definition) is 1. The quantitative estimate of drug-likeness (QED) is 0.288. The van der Waals surface area contributed by atoms with Crippen molar-refractivity contribution in [3.8, 4) is 0 Å². The van der Waals surface area contributed by atoms with Crippen LogP contribution in [0.2, 0.25) is 10.0 Å². The molecular weight excluding hydrogens is 537 g/mol. The lowest BCUT2D eigenvalue weighted by atomic mass is 9.73. The third-order valence-corrected chi connectivity index (χ3v) is 7.96. The number of benzene rings is 2. The molecule has 1 fully saturated rings. The maximum atomic E-state index is 12.0. The Labute approximate surface area is 227 Å². The molecule has 2 aromatic carbocycles. The predicted molar refractivity (Wildman–Crippen MR) is 142 cm³/mol. The van der Waals surface area contributed by atoms with Crippen molar-refractivity contribution in [3.05, 3.63) is 87.6 Å². The van der Waals surface area contributed by atoms with Crippen LogP contribution in [-0.2, 0) is 37.7 Å². The minimum Gasteiger partial charge on any atom is -0.442 e. The Morgan fingerprint density at radius 1 is 1.11 bits per heavy atom. The summed E-state index contributed by atoms with van der Waals surface area (Å²) in [4.78, 5) is 4.48. The smallest absolute Gasteiger partial charge is 0.264 e. The van der Waals surface area contributed by atoms with Gasteiger partial charge in [-0.15, -0.1) is 0 Å². The fourth-order valence-corrected chi connectivity index (χ4v) is 5.48. The topological polar surface area (TPSA) is 98.9 Å². The molecule has 0 bridgehead atoms. The van der Waals surface area contributed by atoms with Crippen molar-refractivity contribution in [2.24, 2.45) is 5.92 Å². The normalized spacial score (nSPS) is 17.4. The highest BCUT2D eigenvalue weighted by molar-refractivity contribution is 7.85. The zero-order chi connectivity index (χ0) is 26.5.